The molecule has 0 aromatic carbocycles. The lowest BCUT2D eigenvalue weighted by Crippen LogP contribution is -1.81. The third-order valence-corrected chi connectivity index (χ3v) is 3.43. The summed E-state index contributed by atoms with van der Waals surface area (Å²) in [6.45, 7) is 2.16. The fourth-order valence-corrected chi connectivity index (χ4v) is 2.17. The average molecular weight is 289 g/mol. The fraction of sp³-hybridized carbons (Fsp3) is 0.650. The predicted molar refractivity (Wildman–Crippen MR) is 94.2 cm³/mol. The van der Waals surface area contributed by atoms with Crippen molar-refractivity contribution in [2.75, 3.05) is 0 Å². The van der Waals surface area contributed by atoms with E-state index in [1.807, 2.05) is 6.29 Å². The van der Waals surface area contributed by atoms with Crippen molar-refractivity contribution in [3.63, 3.8) is 0 Å². The van der Waals surface area contributed by atoms with Gasteiger partial charge in [-0.1, -0.05) is 75.5 Å². The van der Waals surface area contributed by atoms with Crippen molar-refractivity contribution in [2.24, 2.45) is 0 Å². The van der Waals surface area contributed by atoms with Gasteiger partial charge in [0, 0.05) is 6.42 Å². The van der Waals surface area contributed by atoms with E-state index < -0.39 is 0 Å². The van der Waals surface area contributed by atoms with Crippen LogP contribution in [0.1, 0.15) is 84.0 Å². The van der Waals surface area contributed by atoms with Crippen molar-refractivity contribution in [3.05, 3.63) is 36.5 Å². The summed E-state index contributed by atoms with van der Waals surface area (Å²) in [6, 6.07) is 0. The second kappa shape index (κ2) is 18.9. The minimum atomic E-state index is 0.619. The molecular weight excluding hydrogens is 256 g/mol. The molecule has 0 aliphatic carbocycles. The standard InChI is InChI=1S/C20H33O/c1-2-3-4-5-6-7-8-9-10-11-12-13-14-15-16-17-18-19-20-21/h3-4,6-7,9-10H,2,5,8,11-19H2,1H3. The van der Waals surface area contributed by atoms with E-state index in [0.717, 1.165) is 25.7 Å². The maximum Gasteiger partial charge on any atom is 0.198 e. The van der Waals surface area contributed by atoms with Crippen molar-refractivity contribution in [2.45, 2.75) is 84.0 Å². The van der Waals surface area contributed by atoms with Gasteiger partial charge in [-0.3, -0.25) is 4.79 Å². The van der Waals surface area contributed by atoms with Crippen molar-refractivity contribution >= 4 is 6.29 Å². The molecule has 1 nitrogen and oxygen atoms in total. The Labute approximate surface area is 132 Å². The molecule has 1 radical (unpaired) electrons. The van der Waals surface area contributed by atoms with E-state index in [1.54, 1.807) is 0 Å². The summed E-state index contributed by atoms with van der Waals surface area (Å²) in [4.78, 5) is 10.0. The molecule has 0 atom stereocenters. The van der Waals surface area contributed by atoms with Crippen molar-refractivity contribution in [1.29, 1.82) is 0 Å². The molecule has 0 rings (SSSR count). The molecule has 0 fully saturated rings. The van der Waals surface area contributed by atoms with Crippen LogP contribution in [-0.2, 0) is 4.79 Å². The zero-order chi connectivity index (χ0) is 15.4. The van der Waals surface area contributed by atoms with Crippen molar-refractivity contribution in [3.8, 4) is 0 Å². The number of hydrogen-bond donors (Lipinski definition) is 0. The molecule has 0 aromatic rings. The van der Waals surface area contributed by atoms with Crippen LogP contribution in [0.25, 0.3) is 0 Å². The Bertz CT molecular complexity index is 286. The molecule has 119 valence electrons. The second-order valence-corrected chi connectivity index (χ2v) is 5.45. The highest BCUT2D eigenvalue weighted by Gasteiger charge is 1.91. The SMILES string of the molecule is CCC=CCC=CCC=CCCCCCCCCC[C]=O. The zero-order valence-corrected chi connectivity index (χ0v) is 13.9. The van der Waals surface area contributed by atoms with E-state index >= 15 is 0 Å². The monoisotopic (exact) mass is 289 g/mol. The van der Waals surface area contributed by atoms with Crippen LogP contribution in [0.5, 0.6) is 0 Å². The topological polar surface area (TPSA) is 17.1 Å². The predicted octanol–water partition coefficient (Wildman–Crippen LogP) is 6.47. The minimum Gasteiger partial charge on any atom is -0.291 e. The van der Waals surface area contributed by atoms with Crippen LogP contribution in [0.3, 0.4) is 0 Å². The van der Waals surface area contributed by atoms with Crippen LogP contribution in [0.4, 0.5) is 0 Å². The van der Waals surface area contributed by atoms with Crippen molar-refractivity contribution < 1.29 is 4.79 Å². The van der Waals surface area contributed by atoms with Gasteiger partial charge in [-0.15, -0.1) is 0 Å². The summed E-state index contributed by atoms with van der Waals surface area (Å²) in [6.07, 6.45) is 29.3. The summed E-state index contributed by atoms with van der Waals surface area (Å²) in [5.41, 5.74) is 0. The van der Waals surface area contributed by atoms with E-state index in [1.165, 1.54) is 44.9 Å². The average Bonchev–Trinajstić information content (AvgIpc) is 2.50. The highest BCUT2D eigenvalue weighted by atomic mass is 16.1. The second-order valence-electron chi connectivity index (χ2n) is 5.45. The normalized spacial score (nSPS) is 12.0. The number of carbonyl (C=O) groups excluding carboxylic acids is 1. The summed E-state index contributed by atoms with van der Waals surface area (Å²) in [7, 11) is 0. The lowest BCUT2D eigenvalue weighted by Gasteiger charge is -1.99. The fourth-order valence-electron chi connectivity index (χ4n) is 2.17. The number of unbranched alkanes of at least 4 members (excludes halogenated alkanes) is 8. The molecule has 0 spiro atoms. The van der Waals surface area contributed by atoms with Gasteiger partial charge >= 0.3 is 0 Å². The highest BCUT2D eigenvalue weighted by Crippen LogP contribution is 2.09. The first kappa shape index (κ1) is 19.9. The quantitative estimate of drug-likeness (QED) is 0.249. The molecule has 1 heteroatoms. The Morgan fingerprint density at radius 1 is 0.667 bits per heavy atom. The molecule has 0 unspecified atom stereocenters. The van der Waals surface area contributed by atoms with E-state index in [0.29, 0.717) is 6.42 Å². The molecule has 0 saturated heterocycles. The van der Waals surface area contributed by atoms with Crippen LogP contribution in [0.2, 0.25) is 0 Å². The maximum absolute atomic E-state index is 10.0. The first-order valence-corrected chi connectivity index (χ1v) is 8.71. The Hall–Kier alpha value is -1.11. The van der Waals surface area contributed by atoms with E-state index in [4.69, 9.17) is 0 Å². The number of allylic oxidation sites excluding steroid dienone is 6. The number of hydrogen-bond acceptors (Lipinski definition) is 1. The molecular formula is C20H33O. The van der Waals surface area contributed by atoms with Crippen LogP contribution in [0, 0.1) is 0 Å². The van der Waals surface area contributed by atoms with Gasteiger partial charge in [0.2, 0.25) is 0 Å². The first-order chi connectivity index (χ1) is 10.4. The maximum atomic E-state index is 10.0. The number of rotatable bonds is 15. The summed E-state index contributed by atoms with van der Waals surface area (Å²) >= 11 is 0. The van der Waals surface area contributed by atoms with Gasteiger partial charge in [0.1, 0.15) is 0 Å². The first-order valence-electron chi connectivity index (χ1n) is 8.71. The van der Waals surface area contributed by atoms with Gasteiger partial charge in [0.05, 0.1) is 0 Å². The Morgan fingerprint density at radius 2 is 1.19 bits per heavy atom. The van der Waals surface area contributed by atoms with Gasteiger partial charge < -0.3 is 0 Å². The van der Waals surface area contributed by atoms with Crippen LogP contribution in [0.15, 0.2) is 36.5 Å². The van der Waals surface area contributed by atoms with E-state index in [-0.39, 0.29) is 0 Å². The summed E-state index contributed by atoms with van der Waals surface area (Å²) < 4.78 is 0. The highest BCUT2D eigenvalue weighted by molar-refractivity contribution is 5.50. The van der Waals surface area contributed by atoms with Gasteiger partial charge in [0.15, 0.2) is 6.29 Å². The Kier molecular flexibility index (Phi) is 17.9. The largest absolute Gasteiger partial charge is 0.291 e. The molecule has 0 aromatic heterocycles. The molecule has 0 saturated carbocycles. The Balaban J connectivity index is 3.18. The third-order valence-electron chi connectivity index (χ3n) is 3.43. The van der Waals surface area contributed by atoms with Crippen molar-refractivity contribution in [1.82, 2.24) is 0 Å². The molecule has 0 bridgehead atoms. The smallest absolute Gasteiger partial charge is 0.198 e. The minimum absolute atomic E-state index is 0.619. The van der Waals surface area contributed by atoms with Gasteiger partial charge in [-0.25, -0.2) is 0 Å². The van der Waals surface area contributed by atoms with Gasteiger partial charge in [0.25, 0.3) is 0 Å². The zero-order valence-electron chi connectivity index (χ0n) is 13.9. The lowest BCUT2D eigenvalue weighted by molar-refractivity contribution is 0.540. The van der Waals surface area contributed by atoms with Gasteiger partial charge in [-0.05, 0) is 38.5 Å². The Morgan fingerprint density at radius 3 is 1.81 bits per heavy atom. The molecule has 0 aliphatic rings. The molecule has 0 N–H and O–H groups in total. The van der Waals surface area contributed by atoms with Gasteiger partial charge in [-0.2, -0.15) is 0 Å². The molecule has 0 amide bonds. The molecule has 0 heterocycles. The summed E-state index contributed by atoms with van der Waals surface area (Å²) in [5, 5.41) is 0. The summed E-state index contributed by atoms with van der Waals surface area (Å²) in [5.74, 6) is 0. The van der Waals surface area contributed by atoms with E-state index in [9.17, 15) is 4.79 Å². The van der Waals surface area contributed by atoms with Crippen LogP contribution < -0.4 is 0 Å². The molecule has 21 heavy (non-hydrogen) atoms. The van der Waals surface area contributed by atoms with Crippen LogP contribution in [-0.4, -0.2) is 6.29 Å². The molecule has 0 aliphatic heterocycles. The van der Waals surface area contributed by atoms with Crippen LogP contribution >= 0.6 is 0 Å². The van der Waals surface area contributed by atoms with E-state index in [2.05, 4.69) is 43.4 Å². The lowest BCUT2D eigenvalue weighted by atomic mass is 10.1. The third kappa shape index (κ3) is 18.9.